The van der Waals surface area contributed by atoms with Gasteiger partial charge in [0, 0.05) is 25.6 Å². The third-order valence-corrected chi connectivity index (χ3v) is 4.04. The van der Waals surface area contributed by atoms with Gasteiger partial charge >= 0.3 is 0 Å². The van der Waals surface area contributed by atoms with E-state index in [9.17, 15) is 4.79 Å². The van der Waals surface area contributed by atoms with Crippen LogP contribution in [0.3, 0.4) is 0 Å². The Balaban J connectivity index is 1.84. The van der Waals surface area contributed by atoms with Gasteiger partial charge in [-0.2, -0.15) is 0 Å². The molecule has 0 spiro atoms. The first-order chi connectivity index (χ1) is 9.16. The van der Waals surface area contributed by atoms with Crippen LogP contribution in [0.5, 0.6) is 0 Å². The molecule has 0 unspecified atom stereocenters. The smallest absolute Gasteiger partial charge is 0.217 e. The van der Waals surface area contributed by atoms with E-state index >= 15 is 0 Å². The number of hydrogen-bond donors (Lipinski definition) is 1. The van der Waals surface area contributed by atoms with Crippen LogP contribution in [0.4, 0.5) is 0 Å². The summed E-state index contributed by atoms with van der Waals surface area (Å²) in [7, 11) is 1.89. The molecule has 0 aromatic carbocycles. The molecular weight excluding hydrogens is 268 g/mol. The SMILES string of the molecule is Cn1c(CCC(N)=O)nnc1SC[C@H]1CCOCO1. The third-order valence-electron chi connectivity index (χ3n) is 2.89. The van der Waals surface area contributed by atoms with E-state index in [1.54, 1.807) is 11.8 Å². The number of carbonyl (C=O) groups excluding carboxylic acids is 1. The van der Waals surface area contributed by atoms with Gasteiger partial charge in [0.2, 0.25) is 5.91 Å². The fourth-order valence-electron chi connectivity index (χ4n) is 1.72. The fraction of sp³-hybridized carbons (Fsp3) is 0.727. The summed E-state index contributed by atoms with van der Waals surface area (Å²) in [5, 5.41) is 9.01. The van der Waals surface area contributed by atoms with E-state index in [4.69, 9.17) is 15.2 Å². The van der Waals surface area contributed by atoms with Gasteiger partial charge in [0.15, 0.2) is 5.16 Å². The van der Waals surface area contributed by atoms with Crippen LogP contribution in [0.2, 0.25) is 0 Å². The average molecular weight is 286 g/mol. The highest BCUT2D eigenvalue weighted by Crippen LogP contribution is 2.20. The minimum atomic E-state index is -0.326. The molecule has 2 N–H and O–H groups in total. The molecule has 2 rings (SSSR count). The Morgan fingerprint density at radius 3 is 3.11 bits per heavy atom. The van der Waals surface area contributed by atoms with Crippen LogP contribution in [0, 0.1) is 0 Å². The molecule has 1 aliphatic heterocycles. The Bertz CT molecular complexity index is 432. The number of nitrogens with zero attached hydrogens (tertiary/aromatic N) is 3. The second kappa shape index (κ2) is 6.88. The predicted molar refractivity (Wildman–Crippen MR) is 69.6 cm³/mol. The molecule has 2 heterocycles. The Kier molecular flexibility index (Phi) is 5.17. The highest BCUT2D eigenvalue weighted by molar-refractivity contribution is 7.99. The molecule has 8 heteroatoms. The fourth-order valence-corrected chi connectivity index (χ4v) is 2.72. The van der Waals surface area contributed by atoms with Crippen molar-refractivity contribution in [3.8, 4) is 0 Å². The zero-order chi connectivity index (χ0) is 13.7. The maximum Gasteiger partial charge on any atom is 0.217 e. The number of carbonyl (C=O) groups is 1. The van der Waals surface area contributed by atoms with Gasteiger partial charge in [-0.05, 0) is 6.42 Å². The van der Waals surface area contributed by atoms with Crippen molar-refractivity contribution in [2.45, 2.75) is 30.5 Å². The summed E-state index contributed by atoms with van der Waals surface area (Å²) in [5.74, 6) is 1.27. The molecule has 1 amide bonds. The van der Waals surface area contributed by atoms with Gasteiger partial charge in [0.1, 0.15) is 12.6 Å². The van der Waals surface area contributed by atoms with Crippen LogP contribution in [-0.2, 0) is 27.7 Å². The number of nitrogens with two attached hydrogens (primary N) is 1. The average Bonchev–Trinajstić information content (AvgIpc) is 2.76. The number of aromatic nitrogens is 3. The van der Waals surface area contributed by atoms with E-state index in [-0.39, 0.29) is 12.0 Å². The van der Waals surface area contributed by atoms with Crippen molar-refractivity contribution >= 4 is 17.7 Å². The van der Waals surface area contributed by atoms with E-state index < -0.39 is 0 Å². The molecule has 1 aromatic heterocycles. The summed E-state index contributed by atoms with van der Waals surface area (Å²) < 4.78 is 12.5. The van der Waals surface area contributed by atoms with Crippen LogP contribution in [0.15, 0.2) is 5.16 Å². The normalized spacial score (nSPS) is 19.5. The molecule has 0 radical (unpaired) electrons. The topological polar surface area (TPSA) is 92.3 Å². The van der Waals surface area contributed by atoms with Crippen molar-refractivity contribution in [2.75, 3.05) is 19.2 Å². The molecule has 0 saturated carbocycles. The van der Waals surface area contributed by atoms with E-state index in [0.29, 0.717) is 19.6 Å². The molecule has 0 aliphatic carbocycles. The minimum Gasteiger partial charge on any atom is -0.370 e. The van der Waals surface area contributed by atoms with Crippen LogP contribution in [0.1, 0.15) is 18.7 Å². The molecule has 1 saturated heterocycles. The molecule has 19 heavy (non-hydrogen) atoms. The third kappa shape index (κ3) is 4.19. The predicted octanol–water partition coefficient (Wildman–Crippen LogP) is 0.0881. The first-order valence-electron chi connectivity index (χ1n) is 6.15. The van der Waals surface area contributed by atoms with E-state index in [2.05, 4.69) is 10.2 Å². The number of hydrogen-bond acceptors (Lipinski definition) is 6. The second-order valence-corrected chi connectivity index (χ2v) is 5.33. The molecule has 106 valence electrons. The van der Waals surface area contributed by atoms with E-state index in [1.807, 2.05) is 11.6 Å². The lowest BCUT2D eigenvalue weighted by atomic mass is 10.3. The van der Waals surface area contributed by atoms with Crippen LogP contribution in [0.25, 0.3) is 0 Å². The van der Waals surface area contributed by atoms with Crippen LogP contribution >= 0.6 is 11.8 Å². The summed E-state index contributed by atoms with van der Waals surface area (Å²) in [6.45, 7) is 1.11. The Labute approximate surface area is 115 Å². The van der Waals surface area contributed by atoms with Crippen molar-refractivity contribution in [3.05, 3.63) is 5.82 Å². The van der Waals surface area contributed by atoms with Gasteiger partial charge in [0.25, 0.3) is 0 Å². The summed E-state index contributed by atoms with van der Waals surface area (Å²) in [4.78, 5) is 10.8. The largest absolute Gasteiger partial charge is 0.370 e. The molecular formula is C11H18N4O3S. The van der Waals surface area contributed by atoms with Crippen LogP contribution < -0.4 is 5.73 Å². The molecule has 1 atom stereocenters. The zero-order valence-electron chi connectivity index (χ0n) is 10.9. The van der Waals surface area contributed by atoms with Crippen molar-refractivity contribution < 1.29 is 14.3 Å². The lowest BCUT2D eigenvalue weighted by Crippen LogP contribution is -2.25. The van der Waals surface area contributed by atoms with Gasteiger partial charge in [-0.1, -0.05) is 11.8 Å². The Morgan fingerprint density at radius 1 is 1.58 bits per heavy atom. The summed E-state index contributed by atoms with van der Waals surface area (Å²) >= 11 is 1.60. The van der Waals surface area contributed by atoms with E-state index in [0.717, 1.165) is 29.8 Å². The zero-order valence-corrected chi connectivity index (χ0v) is 11.7. The lowest BCUT2D eigenvalue weighted by molar-refractivity contribution is -0.130. The van der Waals surface area contributed by atoms with Gasteiger partial charge in [-0.25, -0.2) is 0 Å². The van der Waals surface area contributed by atoms with Gasteiger partial charge in [0.05, 0.1) is 12.7 Å². The van der Waals surface area contributed by atoms with Crippen molar-refractivity contribution in [1.82, 2.24) is 14.8 Å². The molecule has 1 aromatic rings. The Morgan fingerprint density at radius 2 is 2.42 bits per heavy atom. The maximum absolute atomic E-state index is 10.8. The summed E-state index contributed by atoms with van der Waals surface area (Å²) in [6, 6.07) is 0. The van der Waals surface area contributed by atoms with Crippen molar-refractivity contribution in [2.24, 2.45) is 12.8 Å². The standard InChI is InChI=1S/C11H18N4O3S/c1-15-10(3-2-9(12)16)13-14-11(15)19-6-8-4-5-17-7-18-8/h8H,2-7H2,1H3,(H2,12,16)/t8-/m1/s1. The lowest BCUT2D eigenvalue weighted by Gasteiger charge is -2.21. The number of primary amides is 1. The first kappa shape index (κ1) is 14.3. The van der Waals surface area contributed by atoms with Crippen LogP contribution in [-0.4, -0.2) is 45.9 Å². The minimum absolute atomic E-state index is 0.199. The quantitative estimate of drug-likeness (QED) is 0.745. The van der Waals surface area contributed by atoms with Crippen molar-refractivity contribution in [3.63, 3.8) is 0 Å². The monoisotopic (exact) mass is 286 g/mol. The van der Waals surface area contributed by atoms with Crippen molar-refractivity contribution in [1.29, 1.82) is 0 Å². The molecule has 1 aliphatic rings. The summed E-state index contributed by atoms with van der Waals surface area (Å²) in [5.41, 5.74) is 5.12. The van der Waals surface area contributed by atoms with Gasteiger partial charge in [-0.15, -0.1) is 10.2 Å². The van der Waals surface area contributed by atoms with Gasteiger partial charge < -0.3 is 19.8 Å². The maximum atomic E-state index is 10.8. The number of rotatable bonds is 6. The number of aryl methyl sites for hydroxylation is 1. The number of amides is 1. The second-order valence-electron chi connectivity index (χ2n) is 4.34. The highest BCUT2D eigenvalue weighted by Gasteiger charge is 2.17. The van der Waals surface area contributed by atoms with E-state index in [1.165, 1.54) is 0 Å². The number of ether oxygens (including phenoxy) is 2. The van der Waals surface area contributed by atoms with Gasteiger partial charge in [-0.3, -0.25) is 4.79 Å². The molecule has 7 nitrogen and oxygen atoms in total. The molecule has 0 bridgehead atoms. The molecule has 1 fully saturated rings. The number of thioether (sulfide) groups is 1. The highest BCUT2D eigenvalue weighted by atomic mass is 32.2. The Hall–Kier alpha value is -1.12. The summed E-state index contributed by atoms with van der Waals surface area (Å²) in [6.07, 6.45) is 1.91. The first-order valence-corrected chi connectivity index (χ1v) is 7.14.